The Labute approximate surface area is 104 Å². The highest BCUT2D eigenvalue weighted by Crippen LogP contribution is 2.26. The number of carbonyl (C=O) groups is 2. The third-order valence-corrected chi connectivity index (χ3v) is 2.74. The van der Waals surface area contributed by atoms with Crippen LogP contribution in [0.1, 0.15) is 18.5 Å². The number of aromatic nitrogens is 2. The molecule has 98 valence electrons. The Morgan fingerprint density at radius 1 is 1.61 bits per heavy atom. The molecule has 0 aromatic carbocycles. The van der Waals surface area contributed by atoms with Gasteiger partial charge in [0.25, 0.3) is 0 Å². The molecule has 1 heterocycles. The largest absolute Gasteiger partial charge is 0.480 e. The van der Waals surface area contributed by atoms with Crippen molar-refractivity contribution in [2.75, 3.05) is 6.54 Å². The second-order valence-corrected chi connectivity index (χ2v) is 4.39. The van der Waals surface area contributed by atoms with E-state index in [4.69, 9.17) is 5.11 Å². The van der Waals surface area contributed by atoms with Crippen LogP contribution in [0.25, 0.3) is 0 Å². The molecule has 7 nitrogen and oxygen atoms in total. The molecule has 18 heavy (non-hydrogen) atoms. The summed E-state index contributed by atoms with van der Waals surface area (Å²) in [6.45, 7) is 0.0568. The zero-order chi connectivity index (χ0) is 13.1. The molecule has 0 radical (unpaired) electrons. The number of nitrogens with zero attached hydrogens (tertiary/aromatic N) is 3. The summed E-state index contributed by atoms with van der Waals surface area (Å²) < 4.78 is 1.65. The van der Waals surface area contributed by atoms with Crippen LogP contribution >= 0.6 is 0 Å². The maximum Gasteiger partial charge on any atom is 0.323 e. The van der Waals surface area contributed by atoms with Gasteiger partial charge in [-0.1, -0.05) is 0 Å². The number of carbonyl (C=O) groups excluding carboxylic acids is 1. The number of aryl methyl sites for hydroxylation is 1. The van der Waals surface area contributed by atoms with E-state index in [1.165, 1.54) is 4.90 Å². The predicted molar refractivity (Wildman–Crippen MR) is 62.8 cm³/mol. The topological polar surface area (TPSA) is 87.5 Å². The van der Waals surface area contributed by atoms with Crippen molar-refractivity contribution in [3.8, 4) is 0 Å². The van der Waals surface area contributed by atoms with Crippen molar-refractivity contribution in [3.63, 3.8) is 0 Å². The SMILES string of the molecule is Cn1ccc(CNC(=O)N(CC(=O)O)C2CC2)n1. The van der Waals surface area contributed by atoms with Crippen molar-refractivity contribution in [1.82, 2.24) is 20.0 Å². The molecule has 0 saturated heterocycles. The minimum atomic E-state index is -0.991. The highest BCUT2D eigenvalue weighted by Gasteiger charge is 2.33. The van der Waals surface area contributed by atoms with Crippen molar-refractivity contribution >= 4 is 12.0 Å². The molecule has 1 aliphatic carbocycles. The van der Waals surface area contributed by atoms with Gasteiger partial charge >= 0.3 is 12.0 Å². The lowest BCUT2D eigenvalue weighted by Crippen LogP contribution is -2.43. The van der Waals surface area contributed by atoms with Gasteiger partial charge < -0.3 is 15.3 Å². The van der Waals surface area contributed by atoms with Crippen LogP contribution in [-0.2, 0) is 18.4 Å². The fraction of sp³-hybridized carbons (Fsp3) is 0.545. The molecule has 0 bridgehead atoms. The first-order valence-corrected chi connectivity index (χ1v) is 5.81. The molecular weight excluding hydrogens is 236 g/mol. The van der Waals surface area contributed by atoms with Gasteiger partial charge in [0.15, 0.2) is 0 Å². The van der Waals surface area contributed by atoms with Crippen LogP contribution in [0, 0.1) is 0 Å². The smallest absolute Gasteiger partial charge is 0.323 e. The molecule has 2 amide bonds. The third kappa shape index (κ3) is 3.22. The fourth-order valence-electron chi connectivity index (χ4n) is 1.72. The van der Waals surface area contributed by atoms with E-state index in [2.05, 4.69) is 10.4 Å². The Bertz CT molecular complexity index is 453. The van der Waals surface area contributed by atoms with E-state index in [1.54, 1.807) is 24.0 Å². The molecule has 1 aromatic rings. The van der Waals surface area contributed by atoms with E-state index in [9.17, 15) is 9.59 Å². The molecule has 0 unspecified atom stereocenters. The van der Waals surface area contributed by atoms with Crippen molar-refractivity contribution in [3.05, 3.63) is 18.0 Å². The molecule has 2 N–H and O–H groups in total. The van der Waals surface area contributed by atoms with Gasteiger partial charge in [0.1, 0.15) is 6.54 Å². The number of carboxylic acids is 1. The van der Waals surface area contributed by atoms with Gasteiger partial charge in [0.2, 0.25) is 0 Å². The van der Waals surface area contributed by atoms with Gasteiger partial charge in [-0.2, -0.15) is 5.10 Å². The first-order valence-electron chi connectivity index (χ1n) is 5.81. The molecular formula is C11H16N4O3. The standard InChI is InChI=1S/C11H16N4O3/c1-14-5-4-8(13-14)6-12-11(18)15(7-10(16)17)9-2-3-9/h4-5,9H,2-3,6-7H2,1H3,(H,12,18)(H,16,17). The first kappa shape index (κ1) is 12.4. The Morgan fingerprint density at radius 2 is 2.33 bits per heavy atom. The number of hydrogen-bond acceptors (Lipinski definition) is 3. The molecule has 1 saturated carbocycles. The second kappa shape index (κ2) is 5.07. The zero-order valence-electron chi connectivity index (χ0n) is 10.2. The molecule has 1 fully saturated rings. The quantitative estimate of drug-likeness (QED) is 0.782. The summed E-state index contributed by atoms with van der Waals surface area (Å²) in [5.74, 6) is -0.991. The lowest BCUT2D eigenvalue weighted by Gasteiger charge is -2.20. The molecule has 0 spiro atoms. The van der Waals surface area contributed by atoms with Crippen molar-refractivity contribution in [2.45, 2.75) is 25.4 Å². The predicted octanol–water partition coefficient (Wildman–Crippen LogP) is 0.179. The van der Waals surface area contributed by atoms with E-state index in [0.717, 1.165) is 18.5 Å². The summed E-state index contributed by atoms with van der Waals surface area (Å²) in [7, 11) is 1.80. The van der Waals surface area contributed by atoms with Crippen LogP contribution in [0.3, 0.4) is 0 Å². The van der Waals surface area contributed by atoms with Gasteiger partial charge in [0.05, 0.1) is 12.2 Å². The Hall–Kier alpha value is -2.05. The van der Waals surface area contributed by atoms with Crippen molar-refractivity contribution in [2.24, 2.45) is 7.05 Å². The maximum absolute atomic E-state index is 11.9. The minimum absolute atomic E-state index is 0.0739. The summed E-state index contributed by atoms with van der Waals surface area (Å²) in [5.41, 5.74) is 0.747. The maximum atomic E-state index is 11.9. The molecule has 1 aliphatic rings. The monoisotopic (exact) mass is 252 g/mol. The Kier molecular flexibility index (Phi) is 3.50. The van der Waals surface area contributed by atoms with Crippen LogP contribution in [0.15, 0.2) is 12.3 Å². The number of rotatable bonds is 5. The van der Waals surface area contributed by atoms with Crippen molar-refractivity contribution in [1.29, 1.82) is 0 Å². The van der Waals surface area contributed by atoms with Crippen LogP contribution in [0.4, 0.5) is 4.79 Å². The van der Waals surface area contributed by atoms with Crippen LogP contribution in [0.2, 0.25) is 0 Å². The third-order valence-electron chi connectivity index (χ3n) is 2.74. The molecule has 2 rings (SSSR count). The van der Waals surface area contributed by atoms with Gasteiger partial charge in [0, 0.05) is 19.3 Å². The van der Waals surface area contributed by atoms with Gasteiger partial charge in [-0.15, -0.1) is 0 Å². The molecule has 0 aliphatic heterocycles. The average molecular weight is 252 g/mol. The lowest BCUT2D eigenvalue weighted by atomic mass is 10.4. The number of nitrogens with one attached hydrogen (secondary N) is 1. The van der Waals surface area contributed by atoms with E-state index in [-0.39, 0.29) is 18.6 Å². The average Bonchev–Trinajstić information content (AvgIpc) is 3.06. The number of amides is 2. The highest BCUT2D eigenvalue weighted by molar-refractivity contribution is 5.80. The number of hydrogen-bond donors (Lipinski definition) is 2. The van der Waals surface area contributed by atoms with E-state index >= 15 is 0 Å². The lowest BCUT2D eigenvalue weighted by molar-refractivity contribution is -0.137. The highest BCUT2D eigenvalue weighted by atomic mass is 16.4. The number of carboxylic acid groups (broad SMARTS) is 1. The molecule has 7 heteroatoms. The Morgan fingerprint density at radius 3 is 2.83 bits per heavy atom. The van der Waals surface area contributed by atoms with Crippen LogP contribution < -0.4 is 5.32 Å². The summed E-state index contributed by atoms with van der Waals surface area (Å²) in [5, 5.41) is 15.6. The summed E-state index contributed by atoms with van der Waals surface area (Å²) in [4.78, 5) is 23.9. The van der Waals surface area contributed by atoms with Crippen LogP contribution in [0.5, 0.6) is 0 Å². The van der Waals surface area contributed by atoms with Gasteiger partial charge in [-0.3, -0.25) is 9.48 Å². The van der Waals surface area contributed by atoms with E-state index in [1.807, 2.05) is 0 Å². The van der Waals surface area contributed by atoms with Crippen molar-refractivity contribution < 1.29 is 14.7 Å². The van der Waals surface area contributed by atoms with Gasteiger partial charge in [-0.05, 0) is 18.9 Å². The Balaban J connectivity index is 1.87. The first-order chi connectivity index (χ1) is 8.56. The van der Waals surface area contributed by atoms with E-state index in [0.29, 0.717) is 6.54 Å². The summed E-state index contributed by atoms with van der Waals surface area (Å²) in [6, 6.07) is 1.54. The number of aliphatic carboxylic acids is 1. The van der Waals surface area contributed by atoms with Gasteiger partial charge in [-0.25, -0.2) is 4.79 Å². The summed E-state index contributed by atoms with van der Waals surface area (Å²) in [6.07, 6.45) is 3.55. The zero-order valence-corrected chi connectivity index (χ0v) is 10.2. The normalized spacial score (nSPS) is 14.3. The van der Waals surface area contributed by atoms with Crippen LogP contribution in [-0.4, -0.2) is 44.4 Å². The second-order valence-electron chi connectivity index (χ2n) is 4.39. The minimum Gasteiger partial charge on any atom is -0.480 e. The molecule has 1 aromatic heterocycles. The molecule has 0 atom stereocenters. The summed E-state index contributed by atoms with van der Waals surface area (Å²) >= 11 is 0. The fourth-order valence-corrected chi connectivity index (χ4v) is 1.72. The van der Waals surface area contributed by atoms with E-state index < -0.39 is 5.97 Å². The number of urea groups is 1.